The highest BCUT2D eigenvalue weighted by Gasteiger charge is 2.25. The lowest BCUT2D eigenvalue weighted by Gasteiger charge is -2.34. The number of rotatable bonds is 4. The van der Waals surface area contributed by atoms with Gasteiger partial charge in [0.2, 0.25) is 5.91 Å². The standard InChI is InChI=1S/C20H24N2O3/c1-15-5-6-17(16(2)14-15)7-8-19(23)21-9-11-22(12-10-21)20(24)18-4-3-13-25-18/h3-6,13-14H,7-12H2,1-2H3. The van der Waals surface area contributed by atoms with Crippen LogP contribution in [0.4, 0.5) is 0 Å². The van der Waals surface area contributed by atoms with Gasteiger partial charge in [0.05, 0.1) is 6.26 Å². The lowest BCUT2D eigenvalue weighted by atomic mass is 10.0. The summed E-state index contributed by atoms with van der Waals surface area (Å²) in [7, 11) is 0. The van der Waals surface area contributed by atoms with Crippen molar-refractivity contribution < 1.29 is 14.0 Å². The van der Waals surface area contributed by atoms with E-state index in [2.05, 4.69) is 32.0 Å². The zero-order chi connectivity index (χ0) is 17.8. The largest absolute Gasteiger partial charge is 0.459 e. The van der Waals surface area contributed by atoms with E-state index in [0.29, 0.717) is 38.4 Å². The second-order valence-corrected chi connectivity index (χ2v) is 6.58. The van der Waals surface area contributed by atoms with Gasteiger partial charge in [-0.2, -0.15) is 0 Å². The van der Waals surface area contributed by atoms with Crippen LogP contribution in [0, 0.1) is 13.8 Å². The summed E-state index contributed by atoms with van der Waals surface area (Å²) in [6.45, 7) is 6.43. The van der Waals surface area contributed by atoms with Gasteiger partial charge in [-0.1, -0.05) is 23.8 Å². The Morgan fingerprint density at radius 1 is 1.04 bits per heavy atom. The van der Waals surface area contributed by atoms with Gasteiger partial charge in [0.1, 0.15) is 0 Å². The van der Waals surface area contributed by atoms with Crippen molar-refractivity contribution in [3.05, 3.63) is 59.0 Å². The Kier molecular flexibility index (Phi) is 5.22. The van der Waals surface area contributed by atoms with E-state index in [9.17, 15) is 9.59 Å². The predicted molar refractivity (Wildman–Crippen MR) is 95.4 cm³/mol. The number of hydrogen-bond acceptors (Lipinski definition) is 3. The Morgan fingerprint density at radius 3 is 2.40 bits per heavy atom. The molecule has 0 bridgehead atoms. The number of carbonyl (C=O) groups excluding carboxylic acids is 2. The molecule has 0 unspecified atom stereocenters. The Bertz CT molecular complexity index is 744. The molecule has 5 nitrogen and oxygen atoms in total. The summed E-state index contributed by atoms with van der Waals surface area (Å²) in [4.78, 5) is 28.3. The van der Waals surface area contributed by atoms with Gasteiger partial charge in [-0.05, 0) is 43.5 Å². The average Bonchev–Trinajstić information content (AvgIpc) is 3.15. The summed E-state index contributed by atoms with van der Waals surface area (Å²) in [6, 6.07) is 9.73. The second kappa shape index (κ2) is 7.55. The first-order valence-electron chi connectivity index (χ1n) is 8.71. The molecule has 1 fully saturated rings. The van der Waals surface area contributed by atoms with Crippen molar-refractivity contribution >= 4 is 11.8 Å². The normalized spacial score (nSPS) is 14.6. The molecule has 1 aromatic heterocycles. The minimum absolute atomic E-state index is 0.104. The van der Waals surface area contributed by atoms with Gasteiger partial charge < -0.3 is 14.2 Å². The average molecular weight is 340 g/mol. The number of furan rings is 1. The molecule has 2 heterocycles. The Balaban J connectivity index is 1.49. The van der Waals surface area contributed by atoms with Gasteiger partial charge >= 0.3 is 0 Å². The van der Waals surface area contributed by atoms with E-state index in [-0.39, 0.29) is 11.8 Å². The number of aryl methyl sites for hydroxylation is 3. The Labute approximate surface area is 148 Å². The van der Waals surface area contributed by atoms with Crippen molar-refractivity contribution in [2.45, 2.75) is 26.7 Å². The highest BCUT2D eigenvalue weighted by Crippen LogP contribution is 2.14. The third-order valence-electron chi connectivity index (χ3n) is 4.76. The molecule has 0 N–H and O–H groups in total. The second-order valence-electron chi connectivity index (χ2n) is 6.58. The summed E-state index contributed by atoms with van der Waals surface area (Å²) < 4.78 is 5.16. The molecule has 5 heteroatoms. The summed E-state index contributed by atoms with van der Waals surface area (Å²) in [5.41, 5.74) is 3.71. The summed E-state index contributed by atoms with van der Waals surface area (Å²) >= 11 is 0. The van der Waals surface area contributed by atoms with E-state index in [1.807, 2.05) is 4.90 Å². The maximum atomic E-state index is 12.5. The maximum Gasteiger partial charge on any atom is 0.289 e. The summed E-state index contributed by atoms with van der Waals surface area (Å²) in [6.07, 6.45) is 2.77. The van der Waals surface area contributed by atoms with Gasteiger partial charge in [0, 0.05) is 32.6 Å². The maximum absolute atomic E-state index is 12.5. The molecule has 0 radical (unpaired) electrons. The number of carbonyl (C=O) groups is 2. The van der Waals surface area contributed by atoms with E-state index < -0.39 is 0 Å². The lowest BCUT2D eigenvalue weighted by molar-refractivity contribution is -0.132. The molecule has 0 spiro atoms. The molecule has 0 atom stereocenters. The van der Waals surface area contributed by atoms with Gasteiger partial charge in [0.15, 0.2) is 5.76 Å². The van der Waals surface area contributed by atoms with E-state index in [4.69, 9.17) is 4.42 Å². The third kappa shape index (κ3) is 4.10. The van der Waals surface area contributed by atoms with Crippen LogP contribution in [-0.2, 0) is 11.2 Å². The SMILES string of the molecule is Cc1ccc(CCC(=O)N2CCN(C(=O)c3ccco3)CC2)c(C)c1. The molecule has 1 aromatic carbocycles. The predicted octanol–water partition coefficient (Wildman–Crippen LogP) is 2.81. The lowest BCUT2D eigenvalue weighted by Crippen LogP contribution is -2.50. The van der Waals surface area contributed by atoms with Crippen molar-refractivity contribution in [2.24, 2.45) is 0 Å². The first-order chi connectivity index (χ1) is 12.0. The fourth-order valence-corrected chi connectivity index (χ4v) is 3.24. The van der Waals surface area contributed by atoms with Crippen LogP contribution in [0.5, 0.6) is 0 Å². The van der Waals surface area contributed by atoms with E-state index in [1.165, 1.54) is 23.0 Å². The molecule has 1 aliphatic rings. The monoisotopic (exact) mass is 340 g/mol. The first-order valence-corrected chi connectivity index (χ1v) is 8.71. The molecule has 3 rings (SSSR count). The van der Waals surface area contributed by atoms with E-state index >= 15 is 0 Å². The fraction of sp³-hybridized carbons (Fsp3) is 0.400. The quantitative estimate of drug-likeness (QED) is 0.860. The van der Waals surface area contributed by atoms with Gasteiger partial charge in [0.25, 0.3) is 5.91 Å². The van der Waals surface area contributed by atoms with Crippen LogP contribution in [0.1, 0.15) is 33.7 Å². The molecule has 1 saturated heterocycles. The Morgan fingerprint density at radius 2 is 1.76 bits per heavy atom. The van der Waals surface area contributed by atoms with Gasteiger partial charge in [-0.3, -0.25) is 9.59 Å². The third-order valence-corrected chi connectivity index (χ3v) is 4.76. The van der Waals surface area contributed by atoms with Gasteiger partial charge in [-0.25, -0.2) is 0 Å². The highest BCUT2D eigenvalue weighted by atomic mass is 16.3. The van der Waals surface area contributed by atoms with Crippen molar-refractivity contribution in [1.29, 1.82) is 0 Å². The van der Waals surface area contributed by atoms with Crippen molar-refractivity contribution in [3.63, 3.8) is 0 Å². The van der Waals surface area contributed by atoms with Crippen LogP contribution in [0.2, 0.25) is 0 Å². The van der Waals surface area contributed by atoms with E-state index in [1.54, 1.807) is 17.0 Å². The molecule has 2 amide bonds. The molecule has 0 saturated carbocycles. The van der Waals surface area contributed by atoms with Crippen LogP contribution in [0.3, 0.4) is 0 Å². The first kappa shape index (κ1) is 17.3. The van der Waals surface area contributed by atoms with Crippen molar-refractivity contribution in [1.82, 2.24) is 9.80 Å². The molecular formula is C20H24N2O3. The fourth-order valence-electron chi connectivity index (χ4n) is 3.24. The zero-order valence-electron chi connectivity index (χ0n) is 14.8. The molecular weight excluding hydrogens is 316 g/mol. The number of hydrogen-bond donors (Lipinski definition) is 0. The minimum Gasteiger partial charge on any atom is -0.459 e. The number of piperazine rings is 1. The molecule has 1 aliphatic heterocycles. The smallest absolute Gasteiger partial charge is 0.289 e. The Hall–Kier alpha value is -2.56. The van der Waals surface area contributed by atoms with E-state index in [0.717, 1.165) is 6.42 Å². The van der Waals surface area contributed by atoms with Crippen LogP contribution >= 0.6 is 0 Å². The molecule has 0 aliphatic carbocycles. The summed E-state index contributed by atoms with van der Waals surface area (Å²) in [5.74, 6) is 0.409. The number of nitrogens with zero attached hydrogens (tertiary/aromatic N) is 2. The molecule has 132 valence electrons. The summed E-state index contributed by atoms with van der Waals surface area (Å²) in [5, 5.41) is 0. The van der Waals surface area contributed by atoms with Crippen molar-refractivity contribution in [2.75, 3.05) is 26.2 Å². The number of amides is 2. The highest BCUT2D eigenvalue weighted by molar-refractivity contribution is 5.91. The molecule has 2 aromatic rings. The topological polar surface area (TPSA) is 53.8 Å². The van der Waals surface area contributed by atoms with Crippen LogP contribution < -0.4 is 0 Å². The zero-order valence-corrected chi connectivity index (χ0v) is 14.8. The molecule has 25 heavy (non-hydrogen) atoms. The van der Waals surface area contributed by atoms with Crippen LogP contribution in [0.15, 0.2) is 41.0 Å². The van der Waals surface area contributed by atoms with Gasteiger partial charge in [-0.15, -0.1) is 0 Å². The minimum atomic E-state index is -0.104. The van der Waals surface area contributed by atoms with Crippen molar-refractivity contribution in [3.8, 4) is 0 Å². The van der Waals surface area contributed by atoms with Crippen LogP contribution in [0.25, 0.3) is 0 Å². The number of benzene rings is 1. The van der Waals surface area contributed by atoms with Crippen LogP contribution in [-0.4, -0.2) is 47.8 Å².